The summed E-state index contributed by atoms with van der Waals surface area (Å²) in [5.74, 6) is 1.63. The second-order valence-electron chi connectivity index (χ2n) is 16.8. The van der Waals surface area contributed by atoms with Gasteiger partial charge in [0.1, 0.15) is 5.69 Å². The molecule has 0 saturated carbocycles. The maximum absolute atomic E-state index is 4.35. The summed E-state index contributed by atoms with van der Waals surface area (Å²) in [5, 5.41) is 38.7. The molecule has 0 aliphatic carbocycles. The Balaban J connectivity index is 0.000000152. The van der Waals surface area contributed by atoms with Gasteiger partial charge in [0.25, 0.3) is 0 Å². The number of pyridine rings is 1. The van der Waals surface area contributed by atoms with Crippen LogP contribution in [0.1, 0.15) is 45.3 Å². The lowest BCUT2D eigenvalue weighted by Crippen LogP contribution is -2.15. The molecule has 11 aromatic rings. The van der Waals surface area contributed by atoms with Gasteiger partial charge in [0.15, 0.2) is 0 Å². The Morgan fingerprint density at radius 3 is 1.03 bits per heavy atom. The van der Waals surface area contributed by atoms with Crippen molar-refractivity contribution in [3.63, 3.8) is 0 Å². The molecule has 17 heteroatoms. The third-order valence-corrected chi connectivity index (χ3v) is 18.2. The first-order valence-electron chi connectivity index (χ1n) is 25.1. The average molecular weight is 1090 g/mol. The second kappa shape index (κ2) is 31.6. The van der Waals surface area contributed by atoms with Gasteiger partial charge in [-0.05, 0) is 92.7 Å². The summed E-state index contributed by atoms with van der Waals surface area (Å²) in [6, 6.07) is 69.0. The van der Waals surface area contributed by atoms with Crippen LogP contribution in [-0.2, 0) is 43.6 Å². The minimum Gasteiger partial charge on any atom is -0.254 e. The third kappa shape index (κ3) is 18.4. The summed E-state index contributed by atoms with van der Waals surface area (Å²) < 4.78 is 7.65. The van der Waals surface area contributed by atoms with Gasteiger partial charge in [0.2, 0.25) is 0 Å². The van der Waals surface area contributed by atoms with Crippen LogP contribution in [0.4, 0.5) is 0 Å². The van der Waals surface area contributed by atoms with Gasteiger partial charge in [-0.1, -0.05) is 213 Å². The summed E-state index contributed by atoms with van der Waals surface area (Å²) in [6.45, 7) is 6.27. The van der Waals surface area contributed by atoms with Gasteiger partial charge in [0.05, 0.1) is 53.3 Å². The molecule has 11 rings (SSSR count). The van der Waals surface area contributed by atoms with Gasteiger partial charge in [-0.3, -0.25) is 4.98 Å². The Morgan fingerprint density at radius 1 is 0.351 bits per heavy atom. The predicted molar refractivity (Wildman–Crippen MR) is 321 cm³/mol. The number of hydrogen-bond donors (Lipinski definition) is 0. The van der Waals surface area contributed by atoms with Crippen LogP contribution < -0.4 is 21.2 Å². The molecule has 0 spiro atoms. The molecule has 0 N–H and O–H groups in total. The highest BCUT2D eigenvalue weighted by atomic mass is 32.2. The van der Waals surface area contributed by atoms with Crippen molar-refractivity contribution in [3.8, 4) is 11.4 Å². The van der Waals surface area contributed by atoms with Crippen molar-refractivity contribution in [2.24, 2.45) is 0 Å². The molecule has 0 aliphatic rings. The molecular formula is C60H65N13P2S2. The van der Waals surface area contributed by atoms with E-state index in [1.54, 1.807) is 29.7 Å². The zero-order valence-electron chi connectivity index (χ0n) is 42.9. The van der Waals surface area contributed by atoms with Gasteiger partial charge in [-0.25, -0.2) is 18.7 Å². The SMILES string of the molecule is C.CCc1cn(CP(c2ccccc2)c2ccccc2)nn1.CCc1cn(CSc2ccccc2)nn1.CCc1cn(CSc2ccccc2)nn1.c1ccc(P(Cn2cc(-c3ccccn3)nn2)c2ccccc2)cc1. The van der Waals surface area contributed by atoms with E-state index in [4.69, 9.17) is 0 Å². The first kappa shape index (κ1) is 57.3. The fourth-order valence-electron chi connectivity index (χ4n) is 7.36. The van der Waals surface area contributed by atoms with E-state index in [9.17, 15) is 0 Å². The van der Waals surface area contributed by atoms with Gasteiger partial charge in [0, 0.05) is 34.6 Å². The Kier molecular flexibility index (Phi) is 23.5. The Hall–Kier alpha value is -7.41. The molecule has 77 heavy (non-hydrogen) atoms. The van der Waals surface area contributed by atoms with Crippen molar-refractivity contribution < 1.29 is 0 Å². The van der Waals surface area contributed by atoms with E-state index in [0.717, 1.165) is 72.1 Å². The van der Waals surface area contributed by atoms with E-state index in [0.29, 0.717) is 0 Å². The summed E-state index contributed by atoms with van der Waals surface area (Å²) in [6.07, 6.45) is 14.3. The van der Waals surface area contributed by atoms with Crippen molar-refractivity contribution in [3.05, 3.63) is 248 Å². The van der Waals surface area contributed by atoms with Crippen molar-refractivity contribution in [2.45, 2.75) is 81.6 Å². The van der Waals surface area contributed by atoms with Crippen LogP contribution in [-0.4, -0.2) is 65.0 Å². The van der Waals surface area contributed by atoms with Crippen LogP contribution in [0.3, 0.4) is 0 Å². The van der Waals surface area contributed by atoms with E-state index in [1.807, 2.05) is 91.9 Å². The largest absolute Gasteiger partial charge is 0.254 e. The molecule has 13 nitrogen and oxygen atoms in total. The summed E-state index contributed by atoms with van der Waals surface area (Å²) in [4.78, 5) is 6.86. The predicted octanol–water partition coefficient (Wildman–Crippen LogP) is 12.2. The molecular weight excluding hydrogens is 1030 g/mol. The standard InChI is InChI=1S/C20H17N4P.C17H18N3P.2C11H13N3S.CH4/c1-3-9-17(10-4-1)25(18-11-5-2-6-12-18)16-24-15-20(22-23-24)19-13-7-8-14-21-19;1-2-15-13-20(19-18-15)14-21(16-9-5-3-6-10-16)17-11-7-4-8-12-17;2*1-2-10-8-14(13-12-10)9-15-11-6-4-3-5-7-11;/h1-15H,16H2;3-13H,2,14H2,1H3;2*3-8H,2,9H2,1H3;1H4. The average Bonchev–Trinajstić information content (AvgIpc) is 4.36. The van der Waals surface area contributed by atoms with Crippen LogP contribution in [0.25, 0.3) is 11.4 Å². The lowest BCUT2D eigenvalue weighted by atomic mass is 10.3. The molecule has 0 unspecified atom stereocenters. The van der Waals surface area contributed by atoms with Gasteiger partial charge in [-0.2, -0.15) is 0 Å². The highest BCUT2D eigenvalue weighted by Gasteiger charge is 2.17. The number of hydrogen-bond acceptors (Lipinski definition) is 11. The molecule has 0 aliphatic heterocycles. The van der Waals surface area contributed by atoms with Crippen molar-refractivity contribution in [1.29, 1.82) is 0 Å². The Bertz CT molecular complexity index is 3130. The van der Waals surface area contributed by atoms with E-state index >= 15 is 0 Å². The van der Waals surface area contributed by atoms with Gasteiger partial charge < -0.3 is 0 Å². The molecule has 0 fully saturated rings. The number of thioether (sulfide) groups is 2. The number of benzene rings is 6. The summed E-state index contributed by atoms with van der Waals surface area (Å²) in [7, 11) is -1.00. The van der Waals surface area contributed by atoms with E-state index in [-0.39, 0.29) is 7.43 Å². The van der Waals surface area contributed by atoms with Crippen molar-refractivity contribution in [1.82, 2.24) is 65.0 Å². The van der Waals surface area contributed by atoms with E-state index < -0.39 is 15.8 Å². The molecule has 0 amide bonds. The summed E-state index contributed by atoms with van der Waals surface area (Å²) in [5.41, 5.74) is 4.78. The zero-order chi connectivity index (χ0) is 52.4. The molecule has 0 radical (unpaired) electrons. The zero-order valence-corrected chi connectivity index (χ0v) is 46.3. The highest BCUT2D eigenvalue weighted by molar-refractivity contribution is 7.98. The molecule has 5 heterocycles. The molecule has 0 bridgehead atoms. The molecule has 0 saturated heterocycles. The van der Waals surface area contributed by atoms with Crippen LogP contribution in [0, 0.1) is 0 Å². The molecule has 0 atom stereocenters. The highest BCUT2D eigenvalue weighted by Crippen LogP contribution is 2.36. The van der Waals surface area contributed by atoms with Crippen LogP contribution in [0.2, 0.25) is 0 Å². The normalized spacial score (nSPS) is 10.6. The topological polar surface area (TPSA) is 136 Å². The molecule has 392 valence electrons. The fourth-order valence-corrected chi connectivity index (χ4v) is 13.1. The molecule has 5 aromatic heterocycles. The fraction of sp³-hybridized carbons (Fsp3) is 0.183. The van der Waals surface area contributed by atoms with Crippen LogP contribution in [0.15, 0.2) is 241 Å². The minimum absolute atomic E-state index is 0. The minimum atomic E-state index is -0.543. The maximum Gasteiger partial charge on any atom is 0.131 e. The lowest BCUT2D eigenvalue weighted by Gasteiger charge is -2.18. The number of aromatic nitrogens is 13. The lowest BCUT2D eigenvalue weighted by molar-refractivity contribution is 0.697. The smallest absolute Gasteiger partial charge is 0.131 e. The van der Waals surface area contributed by atoms with Crippen molar-refractivity contribution in [2.75, 3.05) is 0 Å². The maximum atomic E-state index is 4.35. The van der Waals surface area contributed by atoms with E-state index in [1.165, 1.54) is 31.0 Å². The monoisotopic (exact) mass is 1090 g/mol. The van der Waals surface area contributed by atoms with Crippen molar-refractivity contribution >= 4 is 60.6 Å². The van der Waals surface area contributed by atoms with E-state index in [2.05, 4.69) is 219 Å². The number of nitrogens with zero attached hydrogens (tertiary/aromatic N) is 13. The van der Waals surface area contributed by atoms with Crippen LogP contribution in [0.5, 0.6) is 0 Å². The summed E-state index contributed by atoms with van der Waals surface area (Å²) >= 11 is 3.52. The number of rotatable bonds is 18. The molecule has 6 aromatic carbocycles. The van der Waals surface area contributed by atoms with Gasteiger partial charge in [-0.15, -0.1) is 43.9 Å². The number of aryl methyl sites for hydroxylation is 3. The second-order valence-corrected chi connectivity index (χ2v) is 23.2. The Labute approximate surface area is 464 Å². The quantitative estimate of drug-likeness (QED) is 0.0600. The van der Waals surface area contributed by atoms with Crippen LogP contribution >= 0.6 is 39.4 Å². The van der Waals surface area contributed by atoms with Gasteiger partial charge >= 0.3 is 0 Å². The Morgan fingerprint density at radius 2 is 0.675 bits per heavy atom. The third-order valence-electron chi connectivity index (χ3n) is 11.4. The first-order valence-corrected chi connectivity index (χ1v) is 30.2. The first-order chi connectivity index (χ1) is 37.5.